The molecule has 2 amide bonds. The molecule has 0 aliphatic heterocycles. The monoisotopic (exact) mass is 447 g/mol. The largest absolute Gasteiger partial charge is 0.494 e. The van der Waals surface area contributed by atoms with Gasteiger partial charge in [-0.15, -0.1) is 0 Å². The molecule has 0 bridgehead atoms. The molecule has 0 unspecified atom stereocenters. The number of ether oxygens (including phenoxy) is 1. The van der Waals surface area contributed by atoms with Crippen LogP contribution in [0, 0.1) is 0 Å². The summed E-state index contributed by atoms with van der Waals surface area (Å²) >= 11 is 12.2. The van der Waals surface area contributed by atoms with E-state index in [0.717, 1.165) is 10.9 Å². The number of anilines is 1. The third-order valence-corrected chi connectivity index (χ3v) is 5.48. The minimum absolute atomic E-state index is 0.0724. The van der Waals surface area contributed by atoms with Gasteiger partial charge in [0.1, 0.15) is 6.54 Å². The Morgan fingerprint density at radius 1 is 1.07 bits per heavy atom. The fourth-order valence-corrected chi connectivity index (χ4v) is 3.97. The fourth-order valence-electron chi connectivity index (χ4n) is 3.33. The lowest BCUT2D eigenvalue weighted by Gasteiger charge is -2.19. The van der Waals surface area contributed by atoms with Crippen LogP contribution in [0.5, 0.6) is 5.75 Å². The number of hydrogen-bond donors (Lipinski definition) is 1. The molecule has 0 spiro atoms. The van der Waals surface area contributed by atoms with Crippen molar-refractivity contribution >= 4 is 51.6 Å². The Hall–Kier alpha value is -2.70. The van der Waals surface area contributed by atoms with Crippen LogP contribution in [0.2, 0.25) is 10.0 Å². The highest BCUT2D eigenvalue weighted by atomic mass is 35.5. The Morgan fingerprint density at radius 3 is 2.33 bits per heavy atom. The molecule has 0 aliphatic carbocycles. The van der Waals surface area contributed by atoms with E-state index in [1.54, 1.807) is 11.0 Å². The molecule has 158 valence electrons. The van der Waals surface area contributed by atoms with E-state index < -0.39 is 0 Å². The van der Waals surface area contributed by atoms with Crippen LogP contribution < -0.4 is 10.1 Å². The molecule has 0 saturated heterocycles. The van der Waals surface area contributed by atoms with Crippen LogP contribution in [-0.2, 0) is 11.3 Å². The van der Waals surface area contributed by atoms with Gasteiger partial charge in [0, 0.05) is 41.4 Å². The van der Waals surface area contributed by atoms with Crippen molar-refractivity contribution in [1.29, 1.82) is 0 Å². The highest BCUT2D eigenvalue weighted by molar-refractivity contribution is 6.37. The van der Waals surface area contributed by atoms with Crippen LogP contribution in [0.4, 0.5) is 5.69 Å². The summed E-state index contributed by atoms with van der Waals surface area (Å²) in [6.45, 7) is 5.58. The highest BCUT2D eigenvalue weighted by Gasteiger charge is 2.15. The van der Waals surface area contributed by atoms with Crippen LogP contribution >= 0.6 is 23.2 Å². The molecule has 3 rings (SSSR count). The number of carbonyl (C=O) groups excluding carboxylic acids is 2. The molecule has 3 aromatic rings. The summed E-state index contributed by atoms with van der Waals surface area (Å²) in [6, 6.07) is 10.5. The summed E-state index contributed by atoms with van der Waals surface area (Å²) in [7, 11) is 1.46. The number of likely N-dealkylation sites (N-methyl/N-ethyl adjacent to an activating group) is 1. The third-order valence-electron chi connectivity index (χ3n) is 4.92. The molecule has 0 fully saturated rings. The zero-order chi connectivity index (χ0) is 21.8. The Kier molecular flexibility index (Phi) is 6.90. The first-order valence-electron chi connectivity index (χ1n) is 9.59. The number of carbonyl (C=O) groups is 2. The lowest BCUT2D eigenvalue weighted by atomic mass is 10.2. The lowest BCUT2D eigenvalue weighted by molar-refractivity contribution is -0.131. The molecule has 1 heterocycles. The number of nitrogens with zero attached hydrogens (tertiary/aromatic N) is 2. The second kappa shape index (κ2) is 9.41. The van der Waals surface area contributed by atoms with Crippen molar-refractivity contribution in [2.75, 3.05) is 25.5 Å². The van der Waals surface area contributed by atoms with Crippen molar-refractivity contribution in [2.24, 2.45) is 0 Å². The second-order valence-corrected chi connectivity index (χ2v) is 7.52. The van der Waals surface area contributed by atoms with E-state index in [9.17, 15) is 9.59 Å². The summed E-state index contributed by atoms with van der Waals surface area (Å²) in [5.74, 6) is 0.0667. The Balaban J connectivity index is 1.78. The average Bonchev–Trinajstić information content (AvgIpc) is 3.10. The SMILES string of the molecule is CCN(CC)C(=O)Cn1ccc2cc(NC(=O)c3cc(Cl)c(OC)c(Cl)c3)ccc21. The Morgan fingerprint density at radius 2 is 1.73 bits per heavy atom. The number of fused-ring (bicyclic) bond motifs is 1. The minimum Gasteiger partial charge on any atom is -0.494 e. The predicted molar refractivity (Wildman–Crippen MR) is 121 cm³/mol. The summed E-state index contributed by atoms with van der Waals surface area (Å²) in [5, 5.41) is 4.30. The van der Waals surface area contributed by atoms with Gasteiger partial charge in [-0.2, -0.15) is 0 Å². The summed E-state index contributed by atoms with van der Waals surface area (Å²) in [6.07, 6.45) is 1.88. The quantitative estimate of drug-likeness (QED) is 0.549. The summed E-state index contributed by atoms with van der Waals surface area (Å²) < 4.78 is 7.02. The van der Waals surface area contributed by atoms with E-state index >= 15 is 0 Å². The van der Waals surface area contributed by atoms with Gasteiger partial charge < -0.3 is 19.5 Å². The summed E-state index contributed by atoms with van der Waals surface area (Å²) in [5.41, 5.74) is 1.88. The Bertz CT molecular complexity index is 1070. The lowest BCUT2D eigenvalue weighted by Crippen LogP contribution is -2.33. The van der Waals surface area contributed by atoms with Crippen molar-refractivity contribution in [3.63, 3.8) is 0 Å². The van der Waals surface area contributed by atoms with Crippen LogP contribution in [0.15, 0.2) is 42.6 Å². The number of methoxy groups -OCH3 is 1. The number of aromatic nitrogens is 1. The normalized spacial score (nSPS) is 10.8. The molecule has 2 aromatic carbocycles. The highest BCUT2D eigenvalue weighted by Crippen LogP contribution is 2.34. The van der Waals surface area contributed by atoms with Gasteiger partial charge in [0.25, 0.3) is 5.91 Å². The van der Waals surface area contributed by atoms with Crippen LogP contribution in [-0.4, -0.2) is 41.5 Å². The van der Waals surface area contributed by atoms with E-state index in [1.807, 2.05) is 42.8 Å². The van der Waals surface area contributed by atoms with Crippen molar-refractivity contribution in [3.05, 3.63) is 58.2 Å². The van der Waals surface area contributed by atoms with Gasteiger partial charge in [-0.25, -0.2) is 0 Å². The fraction of sp³-hybridized carbons (Fsp3) is 0.273. The number of nitrogens with one attached hydrogen (secondary N) is 1. The molecule has 0 saturated carbocycles. The van der Waals surface area contributed by atoms with E-state index in [0.29, 0.717) is 30.1 Å². The third kappa shape index (κ3) is 4.55. The van der Waals surface area contributed by atoms with Gasteiger partial charge in [0.05, 0.1) is 17.2 Å². The van der Waals surface area contributed by atoms with Crippen LogP contribution in [0.1, 0.15) is 24.2 Å². The molecule has 0 atom stereocenters. The first-order valence-corrected chi connectivity index (χ1v) is 10.3. The maximum Gasteiger partial charge on any atom is 0.255 e. The van der Waals surface area contributed by atoms with Crippen molar-refractivity contribution in [1.82, 2.24) is 9.47 Å². The van der Waals surface area contributed by atoms with Gasteiger partial charge in [-0.1, -0.05) is 23.2 Å². The summed E-state index contributed by atoms with van der Waals surface area (Å²) in [4.78, 5) is 26.8. The zero-order valence-electron chi connectivity index (χ0n) is 17.0. The van der Waals surface area contributed by atoms with Crippen LogP contribution in [0.3, 0.4) is 0 Å². The van der Waals surface area contributed by atoms with Crippen LogP contribution in [0.25, 0.3) is 10.9 Å². The number of rotatable bonds is 7. The second-order valence-electron chi connectivity index (χ2n) is 6.71. The number of hydrogen-bond acceptors (Lipinski definition) is 3. The molecule has 8 heteroatoms. The Labute approximate surface area is 185 Å². The molecule has 1 aromatic heterocycles. The number of benzene rings is 2. The molecule has 1 N–H and O–H groups in total. The van der Waals surface area contributed by atoms with Gasteiger partial charge in [-0.3, -0.25) is 9.59 Å². The van der Waals surface area contributed by atoms with E-state index in [4.69, 9.17) is 27.9 Å². The maximum atomic E-state index is 12.6. The van der Waals surface area contributed by atoms with Gasteiger partial charge in [0.2, 0.25) is 5.91 Å². The van der Waals surface area contributed by atoms with Crippen molar-refractivity contribution in [2.45, 2.75) is 20.4 Å². The number of halogens is 2. The van der Waals surface area contributed by atoms with E-state index in [2.05, 4.69) is 5.32 Å². The molecule has 6 nitrogen and oxygen atoms in total. The molecular weight excluding hydrogens is 425 g/mol. The van der Waals surface area contributed by atoms with Gasteiger partial charge in [-0.05, 0) is 50.2 Å². The molecular formula is C22H23Cl2N3O3. The molecule has 0 aliphatic rings. The molecule has 30 heavy (non-hydrogen) atoms. The topological polar surface area (TPSA) is 63.6 Å². The van der Waals surface area contributed by atoms with Gasteiger partial charge in [0.15, 0.2) is 5.75 Å². The predicted octanol–water partition coefficient (Wildman–Crippen LogP) is 5.08. The minimum atomic E-state index is -0.336. The maximum absolute atomic E-state index is 12.6. The van der Waals surface area contributed by atoms with Crippen molar-refractivity contribution in [3.8, 4) is 5.75 Å². The first kappa shape index (κ1) is 22.0. The first-order chi connectivity index (χ1) is 14.4. The zero-order valence-corrected chi connectivity index (χ0v) is 18.5. The molecule has 0 radical (unpaired) electrons. The smallest absolute Gasteiger partial charge is 0.255 e. The number of amides is 2. The van der Waals surface area contributed by atoms with Crippen molar-refractivity contribution < 1.29 is 14.3 Å². The standard InChI is InChI=1S/C22H23Cl2N3O3/c1-4-26(5-2)20(28)13-27-9-8-14-10-16(6-7-19(14)27)25-22(29)15-11-17(23)21(30-3)18(24)12-15/h6-12H,4-5,13H2,1-3H3,(H,25,29). The van der Waals surface area contributed by atoms with Gasteiger partial charge >= 0.3 is 0 Å². The van der Waals surface area contributed by atoms with E-state index in [-0.39, 0.29) is 28.4 Å². The van der Waals surface area contributed by atoms with E-state index in [1.165, 1.54) is 19.2 Å². The average molecular weight is 448 g/mol.